The highest BCUT2D eigenvalue weighted by atomic mass is 35.5. The number of hydrogen-bond acceptors (Lipinski definition) is 5. The molecule has 3 heterocycles. The molecule has 2 aliphatic heterocycles. The van der Waals surface area contributed by atoms with Crippen molar-refractivity contribution in [2.75, 3.05) is 45.9 Å². The third-order valence-corrected chi connectivity index (χ3v) is 6.45. The third kappa shape index (κ3) is 7.49. The van der Waals surface area contributed by atoms with Crippen molar-refractivity contribution < 1.29 is 27.5 Å². The molecule has 2 saturated heterocycles. The van der Waals surface area contributed by atoms with Crippen molar-refractivity contribution in [3.63, 3.8) is 0 Å². The lowest BCUT2D eigenvalue weighted by Gasteiger charge is -2.40. The van der Waals surface area contributed by atoms with E-state index in [4.69, 9.17) is 4.74 Å². The fourth-order valence-electron chi connectivity index (χ4n) is 4.88. The molecule has 4 rings (SSSR count). The minimum Gasteiger partial charge on any atom is -0.378 e. The van der Waals surface area contributed by atoms with Crippen LogP contribution in [0.1, 0.15) is 30.9 Å². The van der Waals surface area contributed by atoms with Gasteiger partial charge in [0.1, 0.15) is 6.54 Å². The molecule has 2 aliphatic rings. The Bertz CT molecular complexity index is 1060. The number of carbonyl (C=O) groups is 2. The maximum absolute atomic E-state index is 13.8. The van der Waals surface area contributed by atoms with Gasteiger partial charge in [-0.05, 0) is 24.5 Å². The molecule has 1 aromatic carbocycles. The summed E-state index contributed by atoms with van der Waals surface area (Å²) >= 11 is 0. The van der Waals surface area contributed by atoms with Gasteiger partial charge in [0.15, 0.2) is 0 Å². The second-order valence-electron chi connectivity index (χ2n) is 9.66. The van der Waals surface area contributed by atoms with E-state index < -0.39 is 18.6 Å². The van der Waals surface area contributed by atoms with Crippen molar-refractivity contribution in [3.8, 4) is 0 Å². The van der Waals surface area contributed by atoms with Crippen LogP contribution >= 0.6 is 24.8 Å². The van der Waals surface area contributed by atoms with E-state index in [-0.39, 0.29) is 59.9 Å². The van der Waals surface area contributed by atoms with Gasteiger partial charge in [-0.1, -0.05) is 26.0 Å². The number of nitrogens with one attached hydrogen (secondary N) is 1. The van der Waals surface area contributed by atoms with Gasteiger partial charge in [-0.15, -0.1) is 24.8 Å². The Morgan fingerprint density at radius 2 is 1.84 bits per heavy atom. The van der Waals surface area contributed by atoms with Crippen LogP contribution in [0.5, 0.6) is 0 Å². The topological polar surface area (TPSA) is 79.7 Å². The summed E-state index contributed by atoms with van der Waals surface area (Å²) < 4.78 is 46.6. The Morgan fingerprint density at radius 3 is 2.49 bits per heavy atom. The second-order valence-corrected chi connectivity index (χ2v) is 9.66. The van der Waals surface area contributed by atoms with Crippen molar-refractivity contribution in [1.82, 2.24) is 24.7 Å². The SMILES string of the molecule is CC(C)CN(C(=O)c1nc2ccccc2n1CC(F)(F)F)[C@@H]1CNC[C@H](C(=O)N2CCOCC2)C1.Cl.Cl. The number of piperidine rings is 1. The summed E-state index contributed by atoms with van der Waals surface area (Å²) in [6.07, 6.45) is -4.06. The number of para-hydroxylation sites is 2. The van der Waals surface area contributed by atoms with Crippen molar-refractivity contribution in [2.45, 2.75) is 39.0 Å². The summed E-state index contributed by atoms with van der Waals surface area (Å²) in [4.78, 5) is 34.6. The van der Waals surface area contributed by atoms with Crippen LogP contribution in [0, 0.1) is 11.8 Å². The quantitative estimate of drug-likeness (QED) is 0.579. The van der Waals surface area contributed by atoms with Crippen molar-refractivity contribution in [1.29, 1.82) is 0 Å². The number of imidazole rings is 1. The molecule has 0 aliphatic carbocycles. The molecule has 2 fully saturated rings. The number of halogens is 5. The highest BCUT2D eigenvalue weighted by Crippen LogP contribution is 2.27. The molecular formula is C24H34Cl2F3N5O3. The minimum absolute atomic E-state index is 0. The second kappa shape index (κ2) is 13.1. The van der Waals surface area contributed by atoms with Crippen LogP contribution in [0.2, 0.25) is 0 Å². The lowest BCUT2D eigenvalue weighted by atomic mass is 9.92. The molecule has 2 atom stereocenters. The van der Waals surface area contributed by atoms with E-state index in [9.17, 15) is 22.8 Å². The molecule has 0 saturated carbocycles. The first-order valence-electron chi connectivity index (χ1n) is 12.0. The zero-order valence-electron chi connectivity index (χ0n) is 20.9. The van der Waals surface area contributed by atoms with Crippen LogP contribution in [0.15, 0.2) is 24.3 Å². The number of benzene rings is 1. The lowest BCUT2D eigenvalue weighted by molar-refractivity contribution is -0.141. The van der Waals surface area contributed by atoms with Crippen LogP contribution in [0.4, 0.5) is 13.2 Å². The number of nitrogens with zero attached hydrogens (tertiary/aromatic N) is 4. The summed E-state index contributed by atoms with van der Waals surface area (Å²) in [6, 6.07) is 6.11. The Kier molecular flexibility index (Phi) is 11.0. The number of fused-ring (bicyclic) bond motifs is 1. The Morgan fingerprint density at radius 1 is 1.16 bits per heavy atom. The number of alkyl halides is 3. The largest absolute Gasteiger partial charge is 0.406 e. The van der Waals surface area contributed by atoms with Gasteiger partial charge in [0.05, 0.1) is 30.2 Å². The molecule has 2 amide bonds. The maximum atomic E-state index is 13.8. The molecule has 0 bridgehead atoms. The molecular weight excluding hydrogens is 534 g/mol. The van der Waals surface area contributed by atoms with Crippen LogP contribution in [-0.4, -0.2) is 89.3 Å². The van der Waals surface area contributed by atoms with Gasteiger partial charge in [-0.3, -0.25) is 9.59 Å². The van der Waals surface area contributed by atoms with Crippen molar-refractivity contribution in [2.24, 2.45) is 11.8 Å². The zero-order valence-corrected chi connectivity index (χ0v) is 22.5. The van der Waals surface area contributed by atoms with Crippen molar-refractivity contribution in [3.05, 3.63) is 30.1 Å². The lowest BCUT2D eigenvalue weighted by Crippen LogP contribution is -2.56. The fraction of sp³-hybridized carbons (Fsp3) is 0.625. The Balaban J connectivity index is 0.00000241. The molecule has 13 heteroatoms. The van der Waals surface area contributed by atoms with Crippen molar-refractivity contribution >= 4 is 47.7 Å². The summed E-state index contributed by atoms with van der Waals surface area (Å²) in [6.45, 7) is 5.99. The third-order valence-electron chi connectivity index (χ3n) is 6.45. The predicted molar refractivity (Wildman–Crippen MR) is 138 cm³/mol. The average Bonchev–Trinajstić information content (AvgIpc) is 3.19. The highest BCUT2D eigenvalue weighted by molar-refractivity contribution is 5.95. The molecule has 208 valence electrons. The van der Waals surface area contributed by atoms with Gasteiger partial charge in [0.25, 0.3) is 5.91 Å². The Hall–Kier alpha value is -2.08. The first kappa shape index (κ1) is 31.1. The van der Waals surface area contributed by atoms with Crippen LogP contribution in [0.25, 0.3) is 11.0 Å². The molecule has 2 aromatic rings. The average molecular weight is 568 g/mol. The summed E-state index contributed by atoms with van der Waals surface area (Å²) in [5.74, 6) is -0.999. The monoisotopic (exact) mass is 567 g/mol. The van der Waals surface area contributed by atoms with E-state index in [2.05, 4.69) is 10.3 Å². The Labute approximate surface area is 226 Å². The number of amides is 2. The van der Waals surface area contributed by atoms with Gasteiger partial charge in [-0.25, -0.2) is 4.98 Å². The molecule has 0 spiro atoms. The number of morpholine rings is 1. The van der Waals surface area contributed by atoms with Crippen LogP contribution in [-0.2, 0) is 16.1 Å². The van der Waals surface area contributed by atoms with Gasteiger partial charge < -0.3 is 24.4 Å². The molecule has 0 unspecified atom stereocenters. The smallest absolute Gasteiger partial charge is 0.378 e. The molecule has 1 N–H and O–H groups in total. The number of hydrogen-bond donors (Lipinski definition) is 1. The van der Waals surface area contributed by atoms with Gasteiger partial charge >= 0.3 is 6.18 Å². The maximum Gasteiger partial charge on any atom is 0.406 e. The van der Waals surface area contributed by atoms with E-state index in [1.807, 2.05) is 13.8 Å². The molecule has 1 aromatic heterocycles. The van der Waals surface area contributed by atoms with Crippen LogP contribution in [0.3, 0.4) is 0 Å². The minimum atomic E-state index is -4.51. The van der Waals surface area contributed by atoms with Gasteiger partial charge in [0.2, 0.25) is 11.7 Å². The highest BCUT2D eigenvalue weighted by Gasteiger charge is 2.38. The van der Waals surface area contributed by atoms with E-state index in [1.54, 1.807) is 28.0 Å². The van der Waals surface area contributed by atoms with Gasteiger partial charge in [0, 0.05) is 38.8 Å². The fourth-order valence-corrected chi connectivity index (χ4v) is 4.88. The summed E-state index contributed by atoms with van der Waals surface area (Å²) in [5, 5.41) is 3.26. The summed E-state index contributed by atoms with van der Waals surface area (Å²) in [7, 11) is 0. The number of aromatic nitrogens is 2. The molecule has 8 nitrogen and oxygen atoms in total. The predicted octanol–water partition coefficient (Wildman–Crippen LogP) is 3.38. The van der Waals surface area contributed by atoms with E-state index in [0.717, 1.165) is 4.57 Å². The van der Waals surface area contributed by atoms with Crippen LogP contribution < -0.4 is 5.32 Å². The first-order chi connectivity index (χ1) is 16.6. The number of ether oxygens (including phenoxy) is 1. The molecule has 37 heavy (non-hydrogen) atoms. The zero-order chi connectivity index (χ0) is 25.2. The standard InChI is InChI=1S/C24H32F3N5O3.2ClH/c1-16(2)14-31(18-11-17(12-28-13-18)22(33)30-7-9-35-10-8-30)23(34)21-29-19-5-3-4-6-20(19)32(21)15-24(25,26)27;;/h3-6,16-18,28H,7-15H2,1-2H3;2*1H/t17-,18+;;/m1../s1. The first-order valence-corrected chi connectivity index (χ1v) is 12.0. The molecule has 0 radical (unpaired) electrons. The van der Waals surface area contributed by atoms with E-state index in [0.29, 0.717) is 57.9 Å². The normalized spacial score (nSPS) is 20.3. The number of carbonyl (C=O) groups excluding carboxylic acids is 2. The summed E-state index contributed by atoms with van der Waals surface area (Å²) in [5.41, 5.74) is 0.603. The van der Waals surface area contributed by atoms with E-state index >= 15 is 0 Å². The van der Waals surface area contributed by atoms with Gasteiger partial charge in [-0.2, -0.15) is 13.2 Å². The van der Waals surface area contributed by atoms with E-state index in [1.165, 1.54) is 6.07 Å². The number of rotatable bonds is 6.